The minimum absolute atomic E-state index is 0.166. The molecule has 1 saturated heterocycles. The van der Waals surface area contributed by atoms with Gasteiger partial charge in [0, 0.05) is 18.5 Å². The van der Waals surface area contributed by atoms with Gasteiger partial charge < -0.3 is 0 Å². The summed E-state index contributed by atoms with van der Waals surface area (Å²) in [6.07, 6.45) is 12.0. The van der Waals surface area contributed by atoms with Crippen LogP contribution in [0.15, 0.2) is 41.3 Å². The molecule has 0 amide bonds. The summed E-state index contributed by atoms with van der Waals surface area (Å²) in [7, 11) is -3.50. The molecule has 1 aromatic rings. The largest absolute Gasteiger partial charge is 0.253 e. The summed E-state index contributed by atoms with van der Waals surface area (Å²) in [6.45, 7) is 3.60. The Kier molecular flexibility index (Phi) is 3.86. The molecule has 4 nitrogen and oxygen atoms in total. The molecule has 1 aromatic carbocycles. The molecule has 1 saturated carbocycles. The molecule has 0 aromatic heterocycles. The molecule has 1 heterocycles. The molecule has 3 aliphatic rings. The number of allylic oxidation sites excluding steroid dienone is 1. The van der Waals surface area contributed by atoms with Crippen molar-refractivity contribution in [3.63, 3.8) is 0 Å². The molecule has 130 valence electrons. The quantitative estimate of drug-likeness (QED) is 0.854. The minimum atomic E-state index is -3.50. The number of nitrogens with zero attached hydrogens (tertiary/aromatic N) is 1. The molecule has 0 spiro atoms. The lowest BCUT2D eigenvalue weighted by molar-refractivity contribution is 0.0636. The zero-order valence-corrected chi connectivity index (χ0v) is 15.1. The van der Waals surface area contributed by atoms with E-state index in [1.54, 1.807) is 12.1 Å². The van der Waals surface area contributed by atoms with E-state index >= 15 is 0 Å². The lowest BCUT2D eigenvalue weighted by Crippen LogP contribution is -2.43. The summed E-state index contributed by atoms with van der Waals surface area (Å²) < 4.78 is 25.5. The highest BCUT2D eigenvalue weighted by Gasteiger charge is 2.57. The van der Waals surface area contributed by atoms with Crippen molar-refractivity contribution in [2.45, 2.75) is 50.3 Å². The first-order valence-electron chi connectivity index (χ1n) is 8.97. The number of hydrazine groups is 1. The Morgan fingerprint density at radius 3 is 2.54 bits per heavy atom. The van der Waals surface area contributed by atoms with Crippen molar-refractivity contribution in [2.75, 3.05) is 13.1 Å². The molecular weight excluding hydrogens is 320 g/mol. The monoisotopic (exact) mass is 346 g/mol. The number of aryl methyl sites for hydroxylation is 1. The highest BCUT2D eigenvalue weighted by Crippen LogP contribution is 2.60. The molecule has 1 aliphatic heterocycles. The third-order valence-electron chi connectivity index (χ3n) is 6.36. The zero-order chi connectivity index (χ0) is 16.8. The van der Waals surface area contributed by atoms with E-state index in [0.29, 0.717) is 4.90 Å². The molecule has 2 aliphatic carbocycles. The van der Waals surface area contributed by atoms with Gasteiger partial charge in [0.25, 0.3) is 10.0 Å². The van der Waals surface area contributed by atoms with E-state index in [0.717, 1.165) is 25.1 Å². The highest BCUT2D eigenvalue weighted by atomic mass is 32.2. The van der Waals surface area contributed by atoms with Crippen LogP contribution >= 0.6 is 0 Å². The predicted octanol–water partition coefficient (Wildman–Crippen LogP) is 3.40. The SMILES string of the molecule is Cc1ccc(S(=O)(=O)NN2C[C@]34C=CCC[C@]3(CCCC4)C2)cc1. The van der Waals surface area contributed by atoms with E-state index in [-0.39, 0.29) is 10.8 Å². The highest BCUT2D eigenvalue weighted by molar-refractivity contribution is 7.89. The lowest BCUT2D eigenvalue weighted by atomic mass is 9.54. The summed E-state index contributed by atoms with van der Waals surface area (Å²) in [6, 6.07) is 7.06. The second-order valence-electron chi connectivity index (χ2n) is 7.85. The van der Waals surface area contributed by atoms with Gasteiger partial charge in [0.15, 0.2) is 0 Å². The Morgan fingerprint density at radius 2 is 1.79 bits per heavy atom. The van der Waals surface area contributed by atoms with Crippen LogP contribution in [0.25, 0.3) is 0 Å². The summed E-state index contributed by atoms with van der Waals surface area (Å²) in [4.78, 5) is 3.21. The Balaban J connectivity index is 1.58. The van der Waals surface area contributed by atoms with Gasteiger partial charge in [0.2, 0.25) is 0 Å². The number of rotatable bonds is 3. The fourth-order valence-corrected chi connectivity index (χ4v) is 6.17. The first-order valence-corrected chi connectivity index (χ1v) is 10.5. The van der Waals surface area contributed by atoms with Crippen molar-refractivity contribution < 1.29 is 8.42 Å². The van der Waals surface area contributed by atoms with Gasteiger partial charge in [0.1, 0.15) is 0 Å². The van der Waals surface area contributed by atoms with Crippen LogP contribution in [0, 0.1) is 17.8 Å². The van der Waals surface area contributed by atoms with Crippen LogP contribution < -0.4 is 4.83 Å². The molecule has 5 heteroatoms. The van der Waals surface area contributed by atoms with Crippen LogP contribution in [0.3, 0.4) is 0 Å². The van der Waals surface area contributed by atoms with E-state index in [2.05, 4.69) is 17.0 Å². The number of sulfonamides is 1. The van der Waals surface area contributed by atoms with Gasteiger partial charge >= 0.3 is 0 Å². The molecule has 24 heavy (non-hydrogen) atoms. The van der Waals surface area contributed by atoms with Gasteiger partial charge in [-0.2, -0.15) is 0 Å². The molecular formula is C19H26N2O2S. The van der Waals surface area contributed by atoms with E-state index in [1.807, 2.05) is 24.1 Å². The molecule has 4 rings (SSSR count). The van der Waals surface area contributed by atoms with E-state index < -0.39 is 10.0 Å². The average molecular weight is 346 g/mol. The van der Waals surface area contributed by atoms with E-state index in [4.69, 9.17) is 0 Å². The van der Waals surface area contributed by atoms with Crippen LogP contribution in [0.4, 0.5) is 0 Å². The van der Waals surface area contributed by atoms with Crippen molar-refractivity contribution in [2.24, 2.45) is 10.8 Å². The van der Waals surface area contributed by atoms with Crippen molar-refractivity contribution in [3.05, 3.63) is 42.0 Å². The van der Waals surface area contributed by atoms with Crippen LogP contribution in [-0.2, 0) is 10.0 Å². The number of benzene rings is 1. The van der Waals surface area contributed by atoms with Gasteiger partial charge in [-0.25, -0.2) is 13.4 Å². The first-order chi connectivity index (χ1) is 11.4. The van der Waals surface area contributed by atoms with Crippen LogP contribution in [-0.4, -0.2) is 26.5 Å². The van der Waals surface area contributed by atoms with Crippen molar-refractivity contribution in [3.8, 4) is 0 Å². The Labute approximate surface area is 145 Å². The first kappa shape index (κ1) is 16.3. The van der Waals surface area contributed by atoms with Gasteiger partial charge in [-0.3, -0.25) is 0 Å². The predicted molar refractivity (Wildman–Crippen MR) is 94.8 cm³/mol. The molecule has 0 radical (unpaired) electrons. The molecule has 2 fully saturated rings. The number of hydrogen-bond donors (Lipinski definition) is 1. The van der Waals surface area contributed by atoms with Gasteiger partial charge in [-0.05, 0) is 50.2 Å². The third-order valence-corrected chi connectivity index (χ3v) is 7.75. The van der Waals surface area contributed by atoms with Gasteiger partial charge in [-0.1, -0.05) is 42.7 Å². The summed E-state index contributed by atoms with van der Waals surface area (Å²) in [5.74, 6) is 0. The topological polar surface area (TPSA) is 49.4 Å². The summed E-state index contributed by atoms with van der Waals surface area (Å²) >= 11 is 0. The summed E-state index contributed by atoms with van der Waals surface area (Å²) in [5.41, 5.74) is 1.49. The van der Waals surface area contributed by atoms with Crippen molar-refractivity contribution in [1.82, 2.24) is 9.84 Å². The third kappa shape index (κ3) is 2.54. The van der Waals surface area contributed by atoms with Crippen LogP contribution in [0.1, 0.15) is 44.1 Å². The lowest BCUT2D eigenvalue weighted by Gasteiger charge is -2.49. The second kappa shape index (κ2) is 5.68. The fraction of sp³-hybridized carbons (Fsp3) is 0.579. The zero-order valence-electron chi connectivity index (χ0n) is 14.3. The van der Waals surface area contributed by atoms with Crippen LogP contribution in [0.5, 0.6) is 0 Å². The average Bonchev–Trinajstić information content (AvgIpc) is 2.88. The Morgan fingerprint density at radius 1 is 1.04 bits per heavy atom. The molecule has 2 atom stereocenters. The van der Waals surface area contributed by atoms with Crippen molar-refractivity contribution in [1.29, 1.82) is 0 Å². The normalized spacial score (nSPS) is 33.2. The van der Waals surface area contributed by atoms with Gasteiger partial charge in [0.05, 0.1) is 4.90 Å². The molecule has 0 unspecified atom stereocenters. The van der Waals surface area contributed by atoms with Gasteiger partial charge in [-0.15, -0.1) is 4.83 Å². The Bertz CT molecular complexity index is 756. The maximum Gasteiger partial charge on any atom is 0.253 e. The molecule has 1 N–H and O–H groups in total. The maximum atomic E-state index is 12.7. The standard InChI is InChI=1S/C19H26N2O2S/c1-16-6-8-17(9-7-16)24(22,23)20-21-14-18-10-2-3-11-19(18,15-21)13-5-4-12-18/h2,6-10,20H,3-5,11-15H2,1H3/t18-,19+/m1/s1. The maximum absolute atomic E-state index is 12.7. The second-order valence-corrected chi connectivity index (χ2v) is 9.51. The van der Waals surface area contributed by atoms with Crippen LogP contribution in [0.2, 0.25) is 0 Å². The summed E-state index contributed by atoms with van der Waals surface area (Å²) in [5, 5.41) is 1.97. The van der Waals surface area contributed by atoms with E-state index in [9.17, 15) is 8.42 Å². The fourth-order valence-electron chi connectivity index (χ4n) is 5.10. The van der Waals surface area contributed by atoms with E-state index in [1.165, 1.54) is 32.1 Å². The number of hydrogen-bond acceptors (Lipinski definition) is 3. The smallest absolute Gasteiger partial charge is 0.229 e. The molecule has 0 bridgehead atoms. The number of nitrogens with one attached hydrogen (secondary N) is 1. The minimum Gasteiger partial charge on any atom is -0.229 e. The van der Waals surface area contributed by atoms with Crippen molar-refractivity contribution >= 4 is 10.0 Å². The Hall–Kier alpha value is -1.17.